The second-order valence-corrected chi connectivity index (χ2v) is 2.91. The van der Waals surface area contributed by atoms with Crippen molar-refractivity contribution < 1.29 is 9.72 Å². The molecule has 0 unspecified atom stereocenters. The number of non-ortho nitro benzene ring substituents is 1. The summed E-state index contributed by atoms with van der Waals surface area (Å²) < 4.78 is 0. The summed E-state index contributed by atoms with van der Waals surface area (Å²) in [6.07, 6.45) is 0. The lowest BCUT2D eigenvalue weighted by molar-refractivity contribution is -0.385. The van der Waals surface area contributed by atoms with E-state index in [1.165, 1.54) is 18.2 Å². The molecule has 1 aromatic carbocycles. The van der Waals surface area contributed by atoms with Gasteiger partial charge in [0.15, 0.2) is 0 Å². The Balaban J connectivity index is 2.75. The zero-order valence-corrected chi connectivity index (χ0v) is 7.51. The number of nitro groups is 1. The molecule has 0 saturated carbocycles. The van der Waals surface area contributed by atoms with E-state index in [1.807, 2.05) is 0 Å². The largest absolute Gasteiger partial charge is 0.295 e. The maximum atomic E-state index is 11.1. The van der Waals surface area contributed by atoms with Crippen molar-refractivity contribution in [1.29, 1.82) is 0 Å². The molecule has 1 heterocycles. The van der Waals surface area contributed by atoms with Crippen LogP contribution in [-0.2, 0) is 4.79 Å². The van der Waals surface area contributed by atoms with Gasteiger partial charge in [-0.3, -0.25) is 14.9 Å². The summed E-state index contributed by atoms with van der Waals surface area (Å²) in [7, 11) is 0. The Morgan fingerprint density at radius 2 is 2.00 bits per heavy atom. The standard InChI is InChI=1S/C9H5N3O3/c1-5-9(13)11-7-3-2-6(12(14)15)4-8(7)10-5/h2-4H,1H2. The fourth-order valence-electron chi connectivity index (χ4n) is 1.18. The molecule has 0 spiro atoms. The molecule has 6 heteroatoms. The number of fused-ring (bicyclic) bond motifs is 1. The van der Waals surface area contributed by atoms with Crippen molar-refractivity contribution in [1.82, 2.24) is 0 Å². The highest BCUT2D eigenvalue weighted by Gasteiger charge is 2.12. The van der Waals surface area contributed by atoms with E-state index >= 15 is 0 Å². The van der Waals surface area contributed by atoms with Crippen molar-refractivity contribution in [2.24, 2.45) is 9.98 Å². The normalized spacial score (nSPS) is 13.9. The third-order valence-electron chi connectivity index (χ3n) is 1.89. The summed E-state index contributed by atoms with van der Waals surface area (Å²) in [6.45, 7) is 3.39. The number of hydrogen-bond donors (Lipinski definition) is 0. The number of carbonyl (C=O) groups is 1. The van der Waals surface area contributed by atoms with E-state index in [0.29, 0.717) is 10.7 Å². The highest BCUT2D eigenvalue weighted by molar-refractivity contribution is 5.93. The van der Waals surface area contributed by atoms with Crippen molar-refractivity contribution in [3.63, 3.8) is 0 Å². The van der Waals surface area contributed by atoms with Crippen LogP contribution >= 0.6 is 0 Å². The molecule has 0 saturated heterocycles. The molecule has 74 valence electrons. The van der Waals surface area contributed by atoms with E-state index in [4.69, 9.17) is 0 Å². The molecule has 0 aliphatic carbocycles. The van der Waals surface area contributed by atoms with Crippen LogP contribution < -0.4 is 10.7 Å². The van der Waals surface area contributed by atoms with Crippen molar-refractivity contribution in [3.8, 4) is 0 Å². The van der Waals surface area contributed by atoms with Crippen LogP contribution in [-0.4, -0.2) is 10.8 Å². The van der Waals surface area contributed by atoms with Gasteiger partial charge in [-0.2, -0.15) is 0 Å². The molecular weight excluding hydrogens is 198 g/mol. The smallest absolute Gasteiger partial charge is 0.265 e. The number of hydrogen-bond acceptors (Lipinski definition) is 4. The van der Waals surface area contributed by atoms with Gasteiger partial charge in [0.05, 0.1) is 15.6 Å². The van der Waals surface area contributed by atoms with Crippen LogP contribution in [0.25, 0.3) is 0 Å². The maximum absolute atomic E-state index is 11.1. The number of amides is 1. The summed E-state index contributed by atoms with van der Waals surface area (Å²) in [4.78, 5) is 28.5. The van der Waals surface area contributed by atoms with Crippen LogP contribution in [0.1, 0.15) is 0 Å². The van der Waals surface area contributed by atoms with Gasteiger partial charge in [0.25, 0.3) is 11.6 Å². The minimum absolute atomic E-state index is 0.0111. The lowest BCUT2D eigenvalue weighted by Gasteiger charge is -1.99. The summed E-state index contributed by atoms with van der Waals surface area (Å²) in [6, 6.07) is 3.93. The molecule has 0 radical (unpaired) electrons. The summed E-state index contributed by atoms with van der Waals surface area (Å²) in [5, 5.41) is 11.1. The van der Waals surface area contributed by atoms with Crippen LogP contribution in [0.5, 0.6) is 0 Å². The molecule has 2 rings (SSSR count). The molecule has 1 aromatic rings. The third-order valence-corrected chi connectivity index (χ3v) is 1.89. The average Bonchev–Trinajstić information content (AvgIpc) is 2.19. The molecule has 1 amide bonds. The van der Waals surface area contributed by atoms with Crippen LogP contribution in [0.2, 0.25) is 0 Å². The predicted molar refractivity (Wildman–Crippen MR) is 49.6 cm³/mol. The predicted octanol–water partition coefficient (Wildman–Crippen LogP) is -0.112. The Morgan fingerprint density at radius 1 is 1.27 bits per heavy atom. The first-order valence-corrected chi connectivity index (χ1v) is 4.03. The molecule has 1 aliphatic heterocycles. The summed E-state index contributed by atoms with van der Waals surface area (Å²) in [5.74, 6) is -0.517. The second-order valence-electron chi connectivity index (χ2n) is 2.91. The van der Waals surface area contributed by atoms with E-state index in [2.05, 4.69) is 16.6 Å². The molecule has 6 nitrogen and oxygen atoms in total. The van der Waals surface area contributed by atoms with E-state index in [-0.39, 0.29) is 11.4 Å². The molecule has 0 atom stereocenters. The van der Waals surface area contributed by atoms with Crippen LogP contribution in [0.3, 0.4) is 0 Å². The number of nitro benzene ring substituents is 1. The van der Waals surface area contributed by atoms with Gasteiger partial charge in [0.2, 0.25) is 0 Å². The quantitative estimate of drug-likeness (QED) is 0.362. The molecule has 0 fully saturated rings. The van der Waals surface area contributed by atoms with E-state index in [9.17, 15) is 14.9 Å². The first-order chi connectivity index (χ1) is 7.08. The number of rotatable bonds is 1. The van der Waals surface area contributed by atoms with Gasteiger partial charge in [0.1, 0.15) is 5.70 Å². The number of nitrogens with zero attached hydrogens (tertiary/aromatic N) is 3. The van der Waals surface area contributed by atoms with Crippen molar-refractivity contribution in [2.75, 3.05) is 0 Å². The molecule has 0 bridgehead atoms. The minimum atomic E-state index is -0.533. The fraction of sp³-hybridized carbons (Fsp3) is 0. The van der Waals surface area contributed by atoms with Gasteiger partial charge in [-0.25, -0.2) is 9.98 Å². The number of benzene rings is 1. The first kappa shape index (κ1) is 9.20. The number of carbonyl (C=O) groups excluding carboxylic acids is 1. The molecule has 15 heavy (non-hydrogen) atoms. The van der Waals surface area contributed by atoms with Crippen LogP contribution in [0.4, 0.5) is 5.69 Å². The second kappa shape index (κ2) is 3.09. The van der Waals surface area contributed by atoms with Gasteiger partial charge in [-0.05, 0) is 6.07 Å². The van der Waals surface area contributed by atoms with E-state index in [1.54, 1.807) is 0 Å². The first-order valence-electron chi connectivity index (χ1n) is 4.03. The molecule has 0 aromatic heterocycles. The lowest BCUT2D eigenvalue weighted by Crippen LogP contribution is -2.30. The SMILES string of the molecule is C=C1N=c2cc([N+](=O)[O-])ccc2=NC1=O. The van der Waals surface area contributed by atoms with Gasteiger partial charge >= 0.3 is 0 Å². The monoisotopic (exact) mass is 203 g/mol. The Bertz CT molecular complexity index is 604. The van der Waals surface area contributed by atoms with Crippen LogP contribution in [0, 0.1) is 10.1 Å². The topological polar surface area (TPSA) is 84.9 Å². The minimum Gasteiger partial charge on any atom is -0.265 e. The average molecular weight is 203 g/mol. The maximum Gasteiger partial charge on any atom is 0.295 e. The Kier molecular flexibility index (Phi) is 1.89. The molecule has 0 N–H and O–H groups in total. The fourth-order valence-corrected chi connectivity index (χ4v) is 1.18. The summed E-state index contributed by atoms with van der Waals surface area (Å²) in [5.41, 5.74) is -0.0992. The highest BCUT2D eigenvalue weighted by atomic mass is 16.6. The van der Waals surface area contributed by atoms with Crippen molar-refractivity contribution >= 4 is 11.6 Å². The van der Waals surface area contributed by atoms with Gasteiger partial charge in [-0.15, -0.1) is 0 Å². The van der Waals surface area contributed by atoms with E-state index in [0.717, 1.165) is 0 Å². The van der Waals surface area contributed by atoms with Crippen molar-refractivity contribution in [3.05, 3.63) is 51.3 Å². The molecular formula is C9H5N3O3. The third kappa shape index (κ3) is 1.52. The van der Waals surface area contributed by atoms with Gasteiger partial charge in [-0.1, -0.05) is 6.58 Å². The lowest BCUT2D eigenvalue weighted by atomic mass is 10.2. The zero-order chi connectivity index (χ0) is 11.0. The molecule has 1 aliphatic rings. The van der Waals surface area contributed by atoms with Crippen LogP contribution in [0.15, 0.2) is 40.5 Å². The highest BCUT2D eigenvalue weighted by Crippen LogP contribution is 2.05. The van der Waals surface area contributed by atoms with Crippen molar-refractivity contribution in [2.45, 2.75) is 0 Å². The van der Waals surface area contributed by atoms with Gasteiger partial charge < -0.3 is 0 Å². The van der Waals surface area contributed by atoms with E-state index < -0.39 is 10.8 Å². The zero-order valence-electron chi connectivity index (χ0n) is 7.51. The Hall–Kier alpha value is -2.37. The summed E-state index contributed by atoms with van der Waals surface area (Å²) >= 11 is 0. The Labute approximate surface area is 83.4 Å². The van der Waals surface area contributed by atoms with Gasteiger partial charge in [0, 0.05) is 12.1 Å². The Morgan fingerprint density at radius 3 is 2.67 bits per heavy atom.